The van der Waals surface area contributed by atoms with Crippen LogP contribution in [0.15, 0.2) is 18.3 Å². The van der Waals surface area contributed by atoms with E-state index < -0.39 is 0 Å². The first kappa shape index (κ1) is 13.9. The minimum absolute atomic E-state index is 0.274. The Bertz CT molecular complexity index is 386. The molecule has 0 aromatic carbocycles. The zero-order chi connectivity index (χ0) is 12.7. The molecule has 0 atom stereocenters. The lowest BCUT2D eigenvalue weighted by Gasteiger charge is -2.30. The van der Waals surface area contributed by atoms with E-state index in [0.717, 1.165) is 25.1 Å². The van der Waals surface area contributed by atoms with E-state index >= 15 is 0 Å². The van der Waals surface area contributed by atoms with E-state index in [-0.39, 0.29) is 4.75 Å². The summed E-state index contributed by atoms with van der Waals surface area (Å²) in [6.45, 7) is 5.35. The molecule has 4 heteroatoms. The standard InChI is InChI=1S/C13H19N3S/c1-4-13(5-2,17-3)10-16-11-6-7-15-12(8-11)9-14/h6-8H,4-5,10H2,1-3H3,(H,15,16). The smallest absolute Gasteiger partial charge is 0.142 e. The molecule has 1 rings (SSSR count). The van der Waals surface area contributed by atoms with Gasteiger partial charge in [-0.3, -0.25) is 0 Å². The Morgan fingerprint density at radius 3 is 2.71 bits per heavy atom. The van der Waals surface area contributed by atoms with Crippen LogP contribution in [0.1, 0.15) is 32.4 Å². The van der Waals surface area contributed by atoms with Gasteiger partial charge in [0.05, 0.1) is 0 Å². The molecule has 0 aliphatic heterocycles. The highest BCUT2D eigenvalue weighted by Gasteiger charge is 2.24. The van der Waals surface area contributed by atoms with Gasteiger partial charge in [-0.2, -0.15) is 17.0 Å². The maximum Gasteiger partial charge on any atom is 0.142 e. The summed E-state index contributed by atoms with van der Waals surface area (Å²) in [6.07, 6.45) is 6.09. The number of nitrogens with one attached hydrogen (secondary N) is 1. The summed E-state index contributed by atoms with van der Waals surface area (Å²) in [4.78, 5) is 3.96. The molecule has 0 radical (unpaired) electrons. The average molecular weight is 249 g/mol. The van der Waals surface area contributed by atoms with Crippen LogP contribution in [-0.2, 0) is 0 Å². The molecule has 0 unspecified atom stereocenters. The van der Waals surface area contributed by atoms with Gasteiger partial charge in [-0.05, 0) is 31.2 Å². The van der Waals surface area contributed by atoms with Gasteiger partial charge in [0, 0.05) is 23.2 Å². The lowest BCUT2D eigenvalue weighted by Crippen LogP contribution is -2.31. The van der Waals surface area contributed by atoms with Crippen LogP contribution >= 0.6 is 11.8 Å². The van der Waals surface area contributed by atoms with Crippen molar-refractivity contribution in [2.24, 2.45) is 0 Å². The Kier molecular flexibility index (Phi) is 5.30. The molecule has 1 aromatic rings. The van der Waals surface area contributed by atoms with Crippen molar-refractivity contribution < 1.29 is 0 Å². The van der Waals surface area contributed by atoms with Gasteiger partial charge in [-0.15, -0.1) is 0 Å². The van der Waals surface area contributed by atoms with Crippen molar-refractivity contribution in [3.8, 4) is 6.07 Å². The fourth-order valence-electron chi connectivity index (χ4n) is 1.73. The van der Waals surface area contributed by atoms with Crippen molar-refractivity contribution in [2.45, 2.75) is 31.4 Å². The summed E-state index contributed by atoms with van der Waals surface area (Å²) in [7, 11) is 0. The van der Waals surface area contributed by atoms with Crippen molar-refractivity contribution in [3.05, 3.63) is 24.0 Å². The number of anilines is 1. The van der Waals surface area contributed by atoms with Gasteiger partial charge in [0.1, 0.15) is 11.8 Å². The van der Waals surface area contributed by atoms with Gasteiger partial charge in [-0.1, -0.05) is 13.8 Å². The normalized spacial score (nSPS) is 10.9. The summed E-state index contributed by atoms with van der Waals surface area (Å²) in [5.41, 5.74) is 1.43. The SMILES string of the molecule is CCC(CC)(CNc1ccnc(C#N)c1)SC. The molecular formula is C13H19N3S. The molecule has 92 valence electrons. The van der Waals surface area contributed by atoms with Crippen molar-refractivity contribution in [2.75, 3.05) is 18.1 Å². The number of aromatic nitrogens is 1. The van der Waals surface area contributed by atoms with E-state index in [1.165, 1.54) is 0 Å². The Hall–Kier alpha value is -1.21. The fraction of sp³-hybridized carbons (Fsp3) is 0.538. The molecule has 0 aliphatic carbocycles. The quantitative estimate of drug-likeness (QED) is 0.840. The molecule has 0 amide bonds. The third-order valence-electron chi connectivity index (χ3n) is 3.21. The van der Waals surface area contributed by atoms with Crippen LogP contribution in [0.3, 0.4) is 0 Å². The minimum Gasteiger partial charge on any atom is -0.384 e. The topological polar surface area (TPSA) is 48.7 Å². The molecule has 0 saturated carbocycles. The third kappa shape index (κ3) is 3.64. The second-order valence-electron chi connectivity index (χ2n) is 3.99. The van der Waals surface area contributed by atoms with E-state index in [1.54, 1.807) is 12.3 Å². The molecule has 1 aromatic heterocycles. The predicted octanol–water partition coefficient (Wildman–Crippen LogP) is 3.29. The van der Waals surface area contributed by atoms with Gasteiger partial charge in [0.2, 0.25) is 0 Å². The van der Waals surface area contributed by atoms with Gasteiger partial charge >= 0.3 is 0 Å². The van der Waals surface area contributed by atoms with Crippen LogP contribution in [0.25, 0.3) is 0 Å². The summed E-state index contributed by atoms with van der Waals surface area (Å²) in [6, 6.07) is 5.74. The molecular weight excluding hydrogens is 230 g/mol. The lowest BCUT2D eigenvalue weighted by atomic mass is 10.0. The zero-order valence-corrected chi connectivity index (χ0v) is 11.5. The maximum atomic E-state index is 8.78. The molecule has 0 bridgehead atoms. The molecule has 3 nitrogen and oxygen atoms in total. The summed E-state index contributed by atoms with van der Waals surface area (Å²) >= 11 is 1.90. The van der Waals surface area contributed by atoms with E-state index in [2.05, 4.69) is 36.5 Å². The number of hydrogen-bond donors (Lipinski definition) is 1. The largest absolute Gasteiger partial charge is 0.384 e. The second kappa shape index (κ2) is 6.51. The van der Waals surface area contributed by atoms with E-state index in [0.29, 0.717) is 5.69 Å². The second-order valence-corrected chi connectivity index (χ2v) is 5.26. The average Bonchev–Trinajstić information content (AvgIpc) is 2.41. The minimum atomic E-state index is 0.274. The van der Waals surface area contributed by atoms with Gasteiger partial charge < -0.3 is 5.32 Å². The third-order valence-corrected chi connectivity index (χ3v) is 4.80. The summed E-state index contributed by atoms with van der Waals surface area (Å²) in [5.74, 6) is 0. The van der Waals surface area contributed by atoms with Crippen LogP contribution < -0.4 is 5.32 Å². The first-order chi connectivity index (χ1) is 8.19. The van der Waals surface area contributed by atoms with Crippen LogP contribution in [0.4, 0.5) is 5.69 Å². The van der Waals surface area contributed by atoms with Crippen molar-refractivity contribution in [1.29, 1.82) is 5.26 Å². The first-order valence-electron chi connectivity index (χ1n) is 5.85. The van der Waals surface area contributed by atoms with Crippen LogP contribution in [0.2, 0.25) is 0 Å². The first-order valence-corrected chi connectivity index (χ1v) is 7.07. The fourth-order valence-corrected chi connectivity index (χ4v) is 2.52. The highest BCUT2D eigenvalue weighted by molar-refractivity contribution is 8.00. The van der Waals surface area contributed by atoms with Gasteiger partial charge in [-0.25, -0.2) is 4.98 Å². The molecule has 0 fully saturated rings. The van der Waals surface area contributed by atoms with Gasteiger partial charge in [0.25, 0.3) is 0 Å². The van der Waals surface area contributed by atoms with Crippen molar-refractivity contribution >= 4 is 17.4 Å². The van der Waals surface area contributed by atoms with Gasteiger partial charge in [0.15, 0.2) is 0 Å². The number of rotatable bonds is 6. The lowest BCUT2D eigenvalue weighted by molar-refractivity contribution is 0.574. The van der Waals surface area contributed by atoms with E-state index in [9.17, 15) is 0 Å². The summed E-state index contributed by atoms with van der Waals surface area (Å²) < 4.78 is 0.274. The Labute approximate surface area is 108 Å². The highest BCUT2D eigenvalue weighted by atomic mass is 32.2. The Balaban J connectivity index is 2.69. The zero-order valence-electron chi connectivity index (χ0n) is 10.7. The van der Waals surface area contributed by atoms with Crippen molar-refractivity contribution in [3.63, 3.8) is 0 Å². The van der Waals surface area contributed by atoms with E-state index in [4.69, 9.17) is 5.26 Å². The van der Waals surface area contributed by atoms with E-state index in [1.807, 2.05) is 17.8 Å². The molecule has 0 aliphatic rings. The molecule has 1 N–H and O–H groups in total. The molecule has 0 spiro atoms. The molecule has 1 heterocycles. The summed E-state index contributed by atoms with van der Waals surface area (Å²) in [5, 5.41) is 12.2. The van der Waals surface area contributed by atoms with Crippen molar-refractivity contribution in [1.82, 2.24) is 4.98 Å². The monoisotopic (exact) mass is 249 g/mol. The number of thioether (sulfide) groups is 1. The Morgan fingerprint density at radius 2 is 2.18 bits per heavy atom. The molecule has 17 heavy (non-hydrogen) atoms. The van der Waals surface area contributed by atoms with Crippen LogP contribution in [0, 0.1) is 11.3 Å². The molecule has 0 saturated heterocycles. The Morgan fingerprint density at radius 1 is 1.47 bits per heavy atom. The van der Waals surface area contributed by atoms with Crippen LogP contribution in [0.5, 0.6) is 0 Å². The predicted molar refractivity (Wildman–Crippen MR) is 74.3 cm³/mol. The highest BCUT2D eigenvalue weighted by Crippen LogP contribution is 2.30. The maximum absolute atomic E-state index is 8.78. The van der Waals surface area contributed by atoms with Crippen LogP contribution in [-0.4, -0.2) is 22.5 Å². The number of nitriles is 1. The number of nitrogens with zero attached hydrogens (tertiary/aromatic N) is 2. The number of pyridine rings is 1. The number of hydrogen-bond acceptors (Lipinski definition) is 4.